The Morgan fingerprint density at radius 3 is 2.66 bits per heavy atom. The van der Waals surface area contributed by atoms with Crippen molar-refractivity contribution in [2.75, 3.05) is 11.9 Å². The number of amides is 1. The van der Waals surface area contributed by atoms with Gasteiger partial charge in [-0.2, -0.15) is 9.61 Å². The normalized spacial score (nSPS) is 12.1. The molecule has 0 unspecified atom stereocenters. The lowest BCUT2D eigenvalue weighted by Gasteiger charge is -2.12. The van der Waals surface area contributed by atoms with Crippen LogP contribution in [0.15, 0.2) is 42.5 Å². The molecule has 0 aliphatic carbocycles. The molecular weight excluding hydrogens is 422 g/mol. The van der Waals surface area contributed by atoms with Crippen molar-refractivity contribution in [2.45, 2.75) is 46.5 Å². The van der Waals surface area contributed by atoms with Crippen LogP contribution < -0.4 is 10.1 Å². The number of nitrogens with zero attached hydrogens (tertiary/aromatic N) is 4. The maximum Gasteiger partial charge on any atom is 0.262 e. The number of carbonyl (C=O) groups is 1. The maximum atomic E-state index is 12.5. The lowest BCUT2D eigenvalue weighted by Crippen LogP contribution is -2.20. The van der Waals surface area contributed by atoms with Crippen LogP contribution in [0.4, 0.5) is 5.69 Å². The zero-order chi connectivity index (χ0) is 22.7. The Bertz CT molecular complexity index is 1230. The number of rotatable bonds is 8. The number of aromatic nitrogens is 4. The highest BCUT2D eigenvalue weighted by Gasteiger charge is 2.14. The molecule has 2 aromatic heterocycles. The van der Waals surface area contributed by atoms with Crippen molar-refractivity contribution in [1.82, 2.24) is 19.8 Å². The van der Waals surface area contributed by atoms with Gasteiger partial charge in [-0.1, -0.05) is 56.4 Å². The van der Waals surface area contributed by atoms with Gasteiger partial charge in [-0.05, 0) is 48.6 Å². The first-order valence-electron chi connectivity index (χ1n) is 10.8. The molecule has 7 nitrogen and oxygen atoms in total. The van der Waals surface area contributed by atoms with Crippen molar-refractivity contribution in [1.29, 1.82) is 0 Å². The lowest BCUT2D eigenvalue weighted by atomic mass is 9.99. The van der Waals surface area contributed by atoms with Crippen molar-refractivity contribution in [3.8, 4) is 16.3 Å². The molecule has 0 radical (unpaired) electrons. The molecule has 8 heteroatoms. The Morgan fingerprint density at radius 2 is 1.94 bits per heavy atom. The molecule has 1 amide bonds. The van der Waals surface area contributed by atoms with Gasteiger partial charge in [0.2, 0.25) is 4.96 Å². The van der Waals surface area contributed by atoms with E-state index >= 15 is 0 Å². The molecular formula is C24H27N5O2S. The SMILES string of the molecule is CCc1nnc2sc(-c3ccc(C)c(NC(=O)COc4ccc([C@H](C)CC)cc4)c3)nn12. The minimum absolute atomic E-state index is 0.0526. The zero-order valence-corrected chi connectivity index (χ0v) is 19.6. The van der Waals surface area contributed by atoms with Gasteiger partial charge in [-0.25, -0.2) is 0 Å². The fourth-order valence-electron chi connectivity index (χ4n) is 3.35. The van der Waals surface area contributed by atoms with Crippen molar-refractivity contribution in [3.05, 3.63) is 59.4 Å². The molecule has 1 atom stereocenters. The summed E-state index contributed by atoms with van der Waals surface area (Å²) in [6, 6.07) is 13.8. The van der Waals surface area contributed by atoms with Gasteiger partial charge >= 0.3 is 0 Å². The van der Waals surface area contributed by atoms with Crippen LogP contribution >= 0.6 is 11.3 Å². The third-order valence-electron chi connectivity index (χ3n) is 5.56. The zero-order valence-electron chi connectivity index (χ0n) is 18.8. The molecule has 32 heavy (non-hydrogen) atoms. The number of anilines is 1. The fraction of sp³-hybridized carbons (Fsp3) is 0.333. The summed E-state index contributed by atoms with van der Waals surface area (Å²) in [5.41, 5.74) is 3.90. The van der Waals surface area contributed by atoms with Crippen LogP contribution in [0, 0.1) is 6.92 Å². The van der Waals surface area contributed by atoms with E-state index in [1.54, 1.807) is 4.52 Å². The third-order valence-corrected chi connectivity index (χ3v) is 6.51. The summed E-state index contributed by atoms with van der Waals surface area (Å²) in [6.07, 6.45) is 1.85. The number of nitrogens with one attached hydrogen (secondary N) is 1. The largest absolute Gasteiger partial charge is 0.484 e. The van der Waals surface area contributed by atoms with Gasteiger partial charge in [0.05, 0.1) is 0 Å². The second-order valence-electron chi connectivity index (χ2n) is 7.82. The van der Waals surface area contributed by atoms with Crippen LogP contribution in [0.3, 0.4) is 0 Å². The molecule has 0 saturated heterocycles. The van der Waals surface area contributed by atoms with Crippen molar-refractivity contribution < 1.29 is 9.53 Å². The van der Waals surface area contributed by atoms with Gasteiger partial charge in [0.1, 0.15) is 10.8 Å². The minimum Gasteiger partial charge on any atom is -0.484 e. The van der Waals surface area contributed by atoms with Crippen molar-refractivity contribution in [2.24, 2.45) is 0 Å². The van der Waals surface area contributed by atoms with E-state index in [1.165, 1.54) is 16.9 Å². The molecule has 0 fully saturated rings. The van der Waals surface area contributed by atoms with E-state index < -0.39 is 0 Å². The van der Waals surface area contributed by atoms with E-state index in [9.17, 15) is 4.79 Å². The quantitative estimate of drug-likeness (QED) is 0.397. The van der Waals surface area contributed by atoms with E-state index in [0.29, 0.717) is 11.7 Å². The summed E-state index contributed by atoms with van der Waals surface area (Å²) in [6.45, 7) is 8.30. The fourth-order valence-corrected chi connectivity index (χ4v) is 4.20. The molecule has 0 aliphatic heterocycles. The Morgan fingerprint density at radius 1 is 1.16 bits per heavy atom. The van der Waals surface area contributed by atoms with Crippen LogP contribution in [0.25, 0.3) is 15.5 Å². The van der Waals surface area contributed by atoms with Crippen molar-refractivity contribution >= 4 is 27.9 Å². The average Bonchev–Trinajstić information content (AvgIpc) is 3.40. The maximum absolute atomic E-state index is 12.5. The number of hydrogen-bond donors (Lipinski definition) is 1. The van der Waals surface area contributed by atoms with Gasteiger partial charge < -0.3 is 10.1 Å². The summed E-state index contributed by atoms with van der Waals surface area (Å²) in [4.78, 5) is 13.3. The smallest absolute Gasteiger partial charge is 0.262 e. The molecule has 0 bridgehead atoms. The Hall–Kier alpha value is -3.26. The molecule has 4 rings (SSSR count). The van der Waals surface area contributed by atoms with Gasteiger partial charge in [-0.3, -0.25) is 4.79 Å². The number of benzene rings is 2. The standard InChI is InChI=1S/C24H27N5O2S/c1-5-15(3)17-9-11-19(12-10-17)31-14-22(30)25-20-13-18(8-7-16(20)4)23-28-29-21(6-2)26-27-24(29)32-23/h7-13,15H,5-6,14H2,1-4H3,(H,25,30)/t15-/m1/s1. The highest BCUT2D eigenvalue weighted by atomic mass is 32.1. The topological polar surface area (TPSA) is 81.4 Å². The van der Waals surface area contributed by atoms with Gasteiger partial charge in [0, 0.05) is 17.7 Å². The Labute approximate surface area is 191 Å². The summed E-state index contributed by atoms with van der Waals surface area (Å²) >= 11 is 1.47. The second-order valence-corrected chi connectivity index (χ2v) is 8.77. The van der Waals surface area contributed by atoms with E-state index in [1.807, 2.05) is 44.2 Å². The predicted octanol–water partition coefficient (Wildman–Crippen LogP) is 5.25. The highest BCUT2D eigenvalue weighted by molar-refractivity contribution is 7.19. The van der Waals surface area contributed by atoms with Crippen LogP contribution in [-0.4, -0.2) is 32.3 Å². The third kappa shape index (κ3) is 4.65. The monoisotopic (exact) mass is 449 g/mol. The molecule has 2 aromatic carbocycles. The molecule has 2 heterocycles. The van der Waals surface area contributed by atoms with Crippen LogP contribution in [0.1, 0.15) is 50.1 Å². The first-order valence-corrected chi connectivity index (χ1v) is 11.6. The van der Waals surface area contributed by atoms with Gasteiger partial charge in [0.25, 0.3) is 5.91 Å². The summed E-state index contributed by atoms with van der Waals surface area (Å²) in [7, 11) is 0. The second kappa shape index (κ2) is 9.48. The number of ether oxygens (including phenoxy) is 1. The van der Waals surface area contributed by atoms with E-state index in [4.69, 9.17) is 4.74 Å². The number of fused-ring (bicyclic) bond motifs is 1. The molecule has 0 saturated carbocycles. The van der Waals surface area contributed by atoms with Crippen molar-refractivity contribution in [3.63, 3.8) is 0 Å². The highest BCUT2D eigenvalue weighted by Crippen LogP contribution is 2.29. The Balaban J connectivity index is 1.43. The lowest BCUT2D eigenvalue weighted by molar-refractivity contribution is -0.118. The minimum atomic E-state index is -0.206. The summed E-state index contributed by atoms with van der Waals surface area (Å²) in [5.74, 6) is 1.82. The first kappa shape index (κ1) is 22.0. The van der Waals surface area contributed by atoms with Gasteiger partial charge in [-0.15, -0.1) is 10.2 Å². The molecule has 0 spiro atoms. The molecule has 1 N–H and O–H groups in total. The van der Waals surface area contributed by atoms with E-state index in [0.717, 1.165) is 45.4 Å². The van der Waals surface area contributed by atoms with Crippen LogP contribution in [0.5, 0.6) is 5.75 Å². The van der Waals surface area contributed by atoms with Crippen LogP contribution in [-0.2, 0) is 11.2 Å². The number of aryl methyl sites for hydroxylation is 2. The predicted molar refractivity (Wildman–Crippen MR) is 127 cm³/mol. The first-order chi connectivity index (χ1) is 15.5. The number of carbonyl (C=O) groups excluding carboxylic acids is 1. The summed E-state index contributed by atoms with van der Waals surface area (Å²) < 4.78 is 7.45. The van der Waals surface area contributed by atoms with Crippen LogP contribution in [0.2, 0.25) is 0 Å². The Kier molecular flexibility index (Phi) is 6.50. The number of hydrogen-bond acceptors (Lipinski definition) is 6. The summed E-state index contributed by atoms with van der Waals surface area (Å²) in [5, 5.41) is 16.7. The van der Waals surface area contributed by atoms with Gasteiger partial charge in [0.15, 0.2) is 12.4 Å². The molecule has 0 aliphatic rings. The molecule has 166 valence electrons. The van der Waals surface area contributed by atoms with E-state index in [2.05, 4.69) is 46.6 Å². The molecule has 4 aromatic rings. The van der Waals surface area contributed by atoms with E-state index in [-0.39, 0.29) is 12.5 Å². The average molecular weight is 450 g/mol.